The Hall–Kier alpha value is -2.04. The second kappa shape index (κ2) is 10.7. The van der Waals surface area contributed by atoms with E-state index >= 15 is 0 Å². The van der Waals surface area contributed by atoms with Crippen molar-refractivity contribution in [1.82, 2.24) is 15.1 Å². The molecule has 0 spiro atoms. The summed E-state index contributed by atoms with van der Waals surface area (Å²) >= 11 is 0. The zero-order valence-corrected chi connectivity index (χ0v) is 18.2. The Bertz CT molecular complexity index is 684. The Morgan fingerprint density at radius 1 is 1.14 bits per heavy atom. The highest BCUT2D eigenvalue weighted by atomic mass is 16.2. The molecule has 29 heavy (non-hydrogen) atoms. The Morgan fingerprint density at radius 3 is 2.66 bits per heavy atom. The minimum absolute atomic E-state index is 0.0577. The number of fused-ring (bicyclic) bond motifs is 1. The normalized spacial score (nSPS) is 19.5. The second-order valence-electron chi connectivity index (χ2n) is 8.63. The molecule has 3 amide bonds. The van der Waals surface area contributed by atoms with Crippen LogP contribution in [-0.4, -0.2) is 47.4 Å². The van der Waals surface area contributed by atoms with Crippen LogP contribution in [0.4, 0.5) is 4.79 Å². The van der Waals surface area contributed by atoms with E-state index in [4.69, 9.17) is 0 Å². The fourth-order valence-corrected chi connectivity index (χ4v) is 4.68. The minimum Gasteiger partial charge on any atom is -0.335 e. The van der Waals surface area contributed by atoms with Crippen LogP contribution in [0.2, 0.25) is 0 Å². The number of rotatable bonds is 7. The van der Waals surface area contributed by atoms with E-state index in [1.807, 2.05) is 11.0 Å². The maximum absolute atomic E-state index is 13.2. The molecule has 1 aromatic carbocycles. The first-order valence-corrected chi connectivity index (χ1v) is 11.5. The van der Waals surface area contributed by atoms with E-state index in [0.29, 0.717) is 6.54 Å². The average molecular weight is 400 g/mol. The van der Waals surface area contributed by atoms with Gasteiger partial charge in [0.1, 0.15) is 6.54 Å². The van der Waals surface area contributed by atoms with Crippen LogP contribution in [0.25, 0.3) is 0 Å². The van der Waals surface area contributed by atoms with Crippen LogP contribution in [-0.2, 0) is 11.2 Å². The molecule has 0 bridgehead atoms. The number of urea groups is 1. The number of unbranched alkanes of at least 4 members (excludes halogenated alkanes) is 2. The summed E-state index contributed by atoms with van der Waals surface area (Å²) in [4.78, 5) is 29.8. The van der Waals surface area contributed by atoms with Gasteiger partial charge in [0.2, 0.25) is 5.91 Å². The highest BCUT2D eigenvalue weighted by molar-refractivity contribution is 5.84. The maximum Gasteiger partial charge on any atom is 0.318 e. The first-order valence-electron chi connectivity index (χ1n) is 11.5. The largest absolute Gasteiger partial charge is 0.335 e. The number of hydrogen-bond donors (Lipinski definition) is 1. The highest BCUT2D eigenvalue weighted by Crippen LogP contribution is 2.29. The summed E-state index contributed by atoms with van der Waals surface area (Å²) < 4.78 is 0. The number of amides is 3. The average Bonchev–Trinajstić information content (AvgIpc) is 2.74. The van der Waals surface area contributed by atoms with E-state index in [1.165, 1.54) is 30.4 Å². The summed E-state index contributed by atoms with van der Waals surface area (Å²) in [7, 11) is 0. The lowest BCUT2D eigenvalue weighted by Gasteiger charge is -2.37. The van der Waals surface area contributed by atoms with Crippen LogP contribution in [0.3, 0.4) is 0 Å². The molecule has 1 N–H and O–H groups in total. The topological polar surface area (TPSA) is 52.7 Å². The van der Waals surface area contributed by atoms with Gasteiger partial charge in [-0.05, 0) is 43.7 Å². The molecule has 2 aliphatic rings. The first-order chi connectivity index (χ1) is 14.1. The summed E-state index contributed by atoms with van der Waals surface area (Å²) in [5, 5.41) is 3.20. The molecule has 1 aromatic rings. The van der Waals surface area contributed by atoms with Gasteiger partial charge in [0.15, 0.2) is 0 Å². The third kappa shape index (κ3) is 5.74. The van der Waals surface area contributed by atoms with Crippen molar-refractivity contribution in [3.05, 3.63) is 35.4 Å². The van der Waals surface area contributed by atoms with Gasteiger partial charge in [-0.25, -0.2) is 4.79 Å². The lowest BCUT2D eigenvalue weighted by Crippen LogP contribution is -2.51. The fraction of sp³-hybridized carbons (Fsp3) is 0.667. The van der Waals surface area contributed by atoms with Crippen molar-refractivity contribution < 1.29 is 9.59 Å². The van der Waals surface area contributed by atoms with E-state index in [9.17, 15) is 9.59 Å². The molecule has 0 radical (unpaired) electrons. The van der Waals surface area contributed by atoms with Gasteiger partial charge < -0.3 is 15.1 Å². The van der Waals surface area contributed by atoms with Crippen molar-refractivity contribution in [3.8, 4) is 0 Å². The molecule has 5 nitrogen and oxygen atoms in total. The van der Waals surface area contributed by atoms with Gasteiger partial charge in [-0.15, -0.1) is 0 Å². The number of benzene rings is 1. The van der Waals surface area contributed by atoms with E-state index in [0.717, 1.165) is 45.1 Å². The molecule has 160 valence electrons. The van der Waals surface area contributed by atoms with Gasteiger partial charge in [0, 0.05) is 19.1 Å². The van der Waals surface area contributed by atoms with Crippen LogP contribution < -0.4 is 5.32 Å². The number of nitrogens with zero attached hydrogens (tertiary/aromatic N) is 2. The predicted molar refractivity (Wildman–Crippen MR) is 117 cm³/mol. The summed E-state index contributed by atoms with van der Waals surface area (Å²) in [6, 6.07) is 8.64. The number of carbonyl (C=O) groups is 2. The van der Waals surface area contributed by atoms with E-state index in [1.54, 1.807) is 4.90 Å². The Morgan fingerprint density at radius 2 is 1.90 bits per heavy atom. The number of nitrogens with one attached hydrogen (secondary N) is 1. The zero-order valence-electron chi connectivity index (χ0n) is 18.2. The Balaban J connectivity index is 1.63. The lowest BCUT2D eigenvalue weighted by molar-refractivity contribution is -0.134. The van der Waals surface area contributed by atoms with Gasteiger partial charge >= 0.3 is 6.03 Å². The van der Waals surface area contributed by atoms with E-state index in [-0.39, 0.29) is 30.6 Å². The van der Waals surface area contributed by atoms with Crippen LogP contribution in [0.15, 0.2) is 24.3 Å². The molecular weight excluding hydrogens is 362 g/mol. The van der Waals surface area contributed by atoms with E-state index < -0.39 is 0 Å². The first kappa shape index (κ1) is 21.7. The van der Waals surface area contributed by atoms with Gasteiger partial charge in [0.05, 0.1) is 6.04 Å². The molecule has 5 heteroatoms. The summed E-state index contributed by atoms with van der Waals surface area (Å²) in [5.74, 6) is 0.0577. The lowest BCUT2D eigenvalue weighted by atomic mass is 9.93. The molecule has 1 heterocycles. The van der Waals surface area contributed by atoms with Gasteiger partial charge in [-0.2, -0.15) is 0 Å². The summed E-state index contributed by atoms with van der Waals surface area (Å²) in [6.07, 6.45) is 9.76. The van der Waals surface area contributed by atoms with Crippen molar-refractivity contribution >= 4 is 11.9 Å². The predicted octanol–water partition coefficient (Wildman–Crippen LogP) is 4.67. The molecule has 3 rings (SSSR count). The molecule has 1 unspecified atom stereocenters. The van der Waals surface area contributed by atoms with Crippen molar-refractivity contribution in [3.63, 3.8) is 0 Å². The fourth-order valence-electron chi connectivity index (χ4n) is 4.68. The standard InChI is InChI=1S/C24H37N3O2/c1-3-4-10-16-26(24(29)25-21-12-6-5-7-13-21)18-23(28)27-17-15-20-11-8-9-14-22(20)19(27)2/h8-9,11,14,19,21H,3-7,10,12-13,15-18H2,1-2H3,(H,25,29). The zero-order chi connectivity index (χ0) is 20.6. The van der Waals surface area contributed by atoms with Crippen molar-refractivity contribution in [2.75, 3.05) is 19.6 Å². The van der Waals surface area contributed by atoms with Gasteiger partial charge in [-0.3, -0.25) is 4.79 Å². The van der Waals surface area contributed by atoms with Crippen LogP contribution in [0.5, 0.6) is 0 Å². The van der Waals surface area contributed by atoms with Crippen molar-refractivity contribution in [2.45, 2.75) is 83.7 Å². The Labute approximate surface area is 175 Å². The molecule has 1 aliphatic heterocycles. The maximum atomic E-state index is 13.2. The second-order valence-corrected chi connectivity index (χ2v) is 8.63. The van der Waals surface area contributed by atoms with Crippen LogP contribution >= 0.6 is 0 Å². The monoisotopic (exact) mass is 399 g/mol. The molecule has 1 fully saturated rings. The van der Waals surface area contributed by atoms with Crippen molar-refractivity contribution in [1.29, 1.82) is 0 Å². The molecule has 1 atom stereocenters. The molecule has 0 aromatic heterocycles. The van der Waals surface area contributed by atoms with Gasteiger partial charge in [0.25, 0.3) is 0 Å². The van der Waals surface area contributed by atoms with Crippen LogP contribution in [0.1, 0.15) is 82.4 Å². The van der Waals surface area contributed by atoms with Crippen LogP contribution in [0, 0.1) is 0 Å². The molecule has 1 saturated carbocycles. The summed E-state index contributed by atoms with van der Waals surface area (Å²) in [6.45, 7) is 5.81. The minimum atomic E-state index is -0.0635. The van der Waals surface area contributed by atoms with Crippen molar-refractivity contribution in [2.24, 2.45) is 0 Å². The Kier molecular flexibility index (Phi) is 7.96. The van der Waals surface area contributed by atoms with Gasteiger partial charge in [-0.1, -0.05) is 63.3 Å². The molecule has 0 saturated heterocycles. The quantitative estimate of drug-likeness (QED) is 0.678. The molecule has 1 aliphatic carbocycles. The summed E-state index contributed by atoms with van der Waals surface area (Å²) in [5.41, 5.74) is 2.56. The smallest absolute Gasteiger partial charge is 0.318 e. The third-order valence-corrected chi connectivity index (χ3v) is 6.49. The SMILES string of the molecule is CCCCCN(CC(=O)N1CCc2ccccc2C1C)C(=O)NC1CCCCC1. The highest BCUT2D eigenvalue weighted by Gasteiger charge is 2.29. The third-order valence-electron chi connectivity index (χ3n) is 6.49. The molecular formula is C24H37N3O2. The number of hydrogen-bond acceptors (Lipinski definition) is 2. The number of carbonyl (C=O) groups excluding carboxylic acids is 2. The van der Waals surface area contributed by atoms with E-state index in [2.05, 4.69) is 37.4 Å².